The summed E-state index contributed by atoms with van der Waals surface area (Å²) in [4.78, 5) is 37.6. The highest BCUT2D eigenvalue weighted by atomic mass is 32.2. The maximum atomic E-state index is 12.5. The van der Waals surface area contributed by atoms with Crippen LogP contribution in [0.5, 0.6) is 0 Å². The van der Waals surface area contributed by atoms with Crippen LogP contribution in [0.3, 0.4) is 0 Å². The number of hydrogen-bond acceptors (Lipinski definition) is 5. The SMILES string of the molecule is CC1CC(C(=O)O)CCN1C(=O)CSCCNC(=O)OCC1c2ccccc2-c2ccccc21. The number of alkyl carbamates (subject to hydrolysis) is 1. The van der Waals surface area contributed by atoms with Crippen molar-refractivity contribution in [1.29, 1.82) is 0 Å². The monoisotopic (exact) mass is 482 g/mol. The summed E-state index contributed by atoms with van der Waals surface area (Å²) in [6.07, 6.45) is 0.535. The predicted molar refractivity (Wildman–Crippen MR) is 132 cm³/mol. The Bertz CT molecular complexity index is 1010. The molecule has 0 bridgehead atoms. The molecule has 2 unspecified atom stereocenters. The minimum atomic E-state index is -0.785. The number of fused-ring (bicyclic) bond motifs is 3. The van der Waals surface area contributed by atoms with Crippen LogP contribution in [0.4, 0.5) is 4.79 Å². The molecular weight excluding hydrogens is 452 g/mol. The zero-order valence-electron chi connectivity index (χ0n) is 19.2. The van der Waals surface area contributed by atoms with Crippen LogP contribution in [-0.2, 0) is 14.3 Å². The minimum Gasteiger partial charge on any atom is -0.481 e. The third kappa shape index (κ3) is 5.38. The molecule has 2 aliphatic rings. The highest BCUT2D eigenvalue weighted by Crippen LogP contribution is 2.44. The quantitative estimate of drug-likeness (QED) is 0.553. The second-order valence-corrected chi connectivity index (χ2v) is 9.91. The topological polar surface area (TPSA) is 95.9 Å². The number of benzene rings is 2. The maximum Gasteiger partial charge on any atom is 0.407 e. The lowest BCUT2D eigenvalue weighted by atomic mass is 9.92. The summed E-state index contributed by atoms with van der Waals surface area (Å²) in [5, 5.41) is 11.9. The summed E-state index contributed by atoms with van der Waals surface area (Å²) < 4.78 is 5.52. The van der Waals surface area contributed by atoms with Crippen molar-refractivity contribution in [3.05, 3.63) is 59.7 Å². The van der Waals surface area contributed by atoms with Crippen LogP contribution >= 0.6 is 11.8 Å². The number of amides is 2. The molecule has 1 saturated heterocycles. The van der Waals surface area contributed by atoms with Crippen molar-refractivity contribution in [2.45, 2.75) is 31.7 Å². The normalized spacial score (nSPS) is 19.3. The predicted octanol–water partition coefficient (Wildman–Crippen LogP) is 3.97. The van der Waals surface area contributed by atoms with Crippen LogP contribution < -0.4 is 5.32 Å². The van der Waals surface area contributed by atoms with Crippen LogP contribution in [0.25, 0.3) is 11.1 Å². The maximum absolute atomic E-state index is 12.5. The zero-order chi connectivity index (χ0) is 24.1. The van der Waals surface area contributed by atoms with E-state index >= 15 is 0 Å². The van der Waals surface area contributed by atoms with E-state index in [-0.39, 0.29) is 30.4 Å². The van der Waals surface area contributed by atoms with Gasteiger partial charge in [-0.3, -0.25) is 9.59 Å². The molecule has 4 rings (SSSR count). The van der Waals surface area contributed by atoms with Crippen LogP contribution in [-0.4, -0.2) is 65.2 Å². The number of carbonyl (C=O) groups is 3. The second kappa shape index (κ2) is 11.0. The molecule has 180 valence electrons. The van der Waals surface area contributed by atoms with Gasteiger partial charge in [0.25, 0.3) is 0 Å². The fraction of sp³-hybridized carbons (Fsp3) is 0.423. The van der Waals surface area contributed by atoms with Crippen molar-refractivity contribution in [2.75, 3.05) is 31.2 Å². The lowest BCUT2D eigenvalue weighted by Crippen LogP contribution is -2.46. The van der Waals surface area contributed by atoms with Crippen LogP contribution in [0, 0.1) is 5.92 Å². The molecule has 7 nitrogen and oxygen atoms in total. The largest absolute Gasteiger partial charge is 0.481 e. The van der Waals surface area contributed by atoms with Gasteiger partial charge in [0.1, 0.15) is 6.61 Å². The van der Waals surface area contributed by atoms with E-state index in [4.69, 9.17) is 9.84 Å². The van der Waals surface area contributed by atoms with Gasteiger partial charge in [-0.1, -0.05) is 48.5 Å². The first kappa shape index (κ1) is 24.1. The van der Waals surface area contributed by atoms with E-state index in [2.05, 4.69) is 29.6 Å². The lowest BCUT2D eigenvalue weighted by molar-refractivity contribution is -0.146. The third-order valence-corrected chi connectivity index (χ3v) is 7.57. The standard InChI is InChI=1S/C26H30N2O5S/c1-17-14-18(25(30)31)10-12-28(17)24(29)16-34-13-11-27-26(32)33-15-23-21-8-4-2-6-19(21)20-7-3-5-9-22(20)23/h2-9,17-18,23H,10-16H2,1H3,(H,27,32)(H,30,31). The van der Waals surface area contributed by atoms with Crippen LogP contribution in [0.2, 0.25) is 0 Å². The van der Waals surface area contributed by atoms with Crippen molar-refractivity contribution < 1.29 is 24.2 Å². The summed E-state index contributed by atoms with van der Waals surface area (Å²) >= 11 is 1.45. The number of rotatable bonds is 8. The van der Waals surface area contributed by atoms with Gasteiger partial charge >= 0.3 is 12.1 Å². The molecule has 2 aromatic carbocycles. The number of ether oxygens (including phenoxy) is 1. The average molecular weight is 483 g/mol. The van der Waals surface area contributed by atoms with E-state index in [9.17, 15) is 14.4 Å². The first-order chi connectivity index (χ1) is 16.5. The molecule has 1 aliphatic heterocycles. The first-order valence-corrected chi connectivity index (χ1v) is 12.8. The minimum absolute atomic E-state index is 0.0162. The number of piperidine rings is 1. The number of nitrogens with zero attached hydrogens (tertiary/aromatic N) is 1. The number of carboxylic acids is 1. The van der Waals surface area contributed by atoms with Crippen molar-refractivity contribution in [2.24, 2.45) is 5.92 Å². The Morgan fingerprint density at radius 1 is 1.09 bits per heavy atom. The zero-order valence-corrected chi connectivity index (χ0v) is 20.1. The number of carbonyl (C=O) groups excluding carboxylic acids is 2. The Morgan fingerprint density at radius 2 is 1.74 bits per heavy atom. The lowest BCUT2D eigenvalue weighted by Gasteiger charge is -2.36. The van der Waals surface area contributed by atoms with E-state index in [0.29, 0.717) is 37.4 Å². The van der Waals surface area contributed by atoms with Gasteiger partial charge in [0.05, 0.1) is 11.7 Å². The fourth-order valence-corrected chi connectivity index (χ4v) is 5.62. The Kier molecular flexibility index (Phi) is 7.77. The van der Waals surface area contributed by atoms with Crippen molar-refractivity contribution in [3.8, 4) is 11.1 Å². The summed E-state index contributed by atoms with van der Waals surface area (Å²) in [6, 6.07) is 16.3. The molecule has 34 heavy (non-hydrogen) atoms. The van der Waals surface area contributed by atoms with Gasteiger partial charge in [-0.2, -0.15) is 11.8 Å². The molecule has 2 aromatic rings. The third-order valence-electron chi connectivity index (χ3n) is 6.63. The fourth-order valence-electron chi connectivity index (χ4n) is 4.88. The number of aliphatic carboxylic acids is 1. The molecule has 0 radical (unpaired) electrons. The number of hydrogen-bond donors (Lipinski definition) is 2. The summed E-state index contributed by atoms with van der Waals surface area (Å²) in [5.74, 6) is -0.203. The van der Waals surface area contributed by atoms with Gasteiger partial charge in [0, 0.05) is 30.8 Å². The van der Waals surface area contributed by atoms with Gasteiger partial charge in [-0.05, 0) is 42.0 Å². The summed E-state index contributed by atoms with van der Waals surface area (Å²) in [5.41, 5.74) is 4.73. The number of thioether (sulfide) groups is 1. The number of likely N-dealkylation sites (tertiary alicyclic amines) is 1. The summed E-state index contributed by atoms with van der Waals surface area (Å²) in [7, 11) is 0. The van der Waals surface area contributed by atoms with Crippen molar-refractivity contribution >= 4 is 29.7 Å². The van der Waals surface area contributed by atoms with Crippen molar-refractivity contribution in [3.63, 3.8) is 0 Å². The number of carboxylic acid groups (broad SMARTS) is 1. The first-order valence-electron chi connectivity index (χ1n) is 11.6. The summed E-state index contributed by atoms with van der Waals surface area (Å²) in [6.45, 7) is 3.06. The second-order valence-electron chi connectivity index (χ2n) is 8.80. The van der Waals surface area contributed by atoms with E-state index in [1.165, 1.54) is 34.0 Å². The van der Waals surface area contributed by atoms with E-state index in [1.54, 1.807) is 4.90 Å². The highest BCUT2D eigenvalue weighted by molar-refractivity contribution is 7.99. The van der Waals surface area contributed by atoms with E-state index in [1.807, 2.05) is 31.2 Å². The molecule has 0 spiro atoms. The number of nitrogens with one attached hydrogen (secondary N) is 1. The van der Waals surface area contributed by atoms with Gasteiger partial charge in [0.15, 0.2) is 0 Å². The molecule has 8 heteroatoms. The molecule has 0 saturated carbocycles. The van der Waals surface area contributed by atoms with Gasteiger partial charge in [-0.25, -0.2) is 4.79 Å². The molecule has 2 amide bonds. The van der Waals surface area contributed by atoms with Crippen LogP contribution in [0.1, 0.15) is 36.8 Å². The molecule has 0 aromatic heterocycles. The molecule has 2 N–H and O–H groups in total. The van der Waals surface area contributed by atoms with Gasteiger partial charge in [0.2, 0.25) is 5.91 Å². The van der Waals surface area contributed by atoms with Crippen molar-refractivity contribution in [1.82, 2.24) is 10.2 Å². The molecule has 1 fully saturated rings. The van der Waals surface area contributed by atoms with Gasteiger partial charge < -0.3 is 20.1 Å². The Hall–Kier alpha value is -3.00. The molecule has 1 aliphatic carbocycles. The van der Waals surface area contributed by atoms with E-state index in [0.717, 1.165) is 0 Å². The Labute approximate surface area is 203 Å². The molecule has 1 heterocycles. The average Bonchev–Trinajstić information content (AvgIpc) is 3.16. The molecular formula is C26H30N2O5S. The highest BCUT2D eigenvalue weighted by Gasteiger charge is 2.32. The van der Waals surface area contributed by atoms with E-state index < -0.39 is 12.1 Å². The Balaban J connectivity index is 1.16. The van der Waals surface area contributed by atoms with Crippen LogP contribution in [0.15, 0.2) is 48.5 Å². The Morgan fingerprint density at radius 3 is 2.35 bits per heavy atom. The smallest absolute Gasteiger partial charge is 0.407 e. The van der Waals surface area contributed by atoms with Gasteiger partial charge in [-0.15, -0.1) is 0 Å². The molecule has 2 atom stereocenters.